The minimum Gasteiger partial charge on any atom is -0.476 e. The summed E-state index contributed by atoms with van der Waals surface area (Å²) in [6.45, 7) is 2.32. The van der Waals surface area contributed by atoms with Crippen LogP contribution in [0.5, 0.6) is 0 Å². The van der Waals surface area contributed by atoms with E-state index in [2.05, 4.69) is 15.3 Å². The predicted octanol–water partition coefficient (Wildman–Crippen LogP) is 2.46. The molecule has 0 saturated carbocycles. The molecule has 6 nitrogen and oxygen atoms in total. The smallest absolute Gasteiger partial charge is 0.358 e. The molecule has 21 heavy (non-hydrogen) atoms. The Morgan fingerprint density at radius 1 is 1.33 bits per heavy atom. The molecular weight excluding hydrogens is 288 g/mol. The average molecular weight is 300 g/mol. The lowest BCUT2D eigenvalue weighted by molar-refractivity contribution is 0.0691. The molecule has 0 amide bonds. The molecule has 7 heteroatoms. The molecule has 0 aliphatic heterocycles. The topological polar surface area (TPSA) is 80.9 Å². The van der Waals surface area contributed by atoms with Gasteiger partial charge in [0.25, 0.3) is 0 Å². The van der Waals surface area contributed by atoms with Crippen molar-refractivity contribution in [1.29, 1.82) is 0 Å². The molecule has 2 heterocycles. The molecule has 106 valence electrons. The van der Waals surface area contributed by atoms with Crippen molar-refractivity contribution in [1.82, 2.24) is 20.0 Å². The zero-order chi connectivity index (χ0) is 14.8. The van der Waals surface area contributed by atoms with Gasteiger partial charge in [0.05, 0.1) is 17.2 Å². The SMILES string of the molecule is Cc1nc(Cn2nnc(C(=O)O)c2-c2ccccc2)cs1. The monoisotopic (exact) mass is 300 g/mol. The number of carbonyl (C=O) groups is 1. The van der Waals surface area contributed by atoms with Crippen LogP contribution in [0.4, 0.5) is 0 Å². The Bertz CT molecular complexity index is 779. The molecule has 3 aromatic rings. The van der Waals surface area contributed by atoms with Gasteiger partial charge in [0.2, 0.25) is 0 Å². The summed E-state index contributed by atoms with van der Waals surface area (Å²) >= 11 is 1.55. The number of aromatic carboxylic acids is 1. The number of rotatable bonds is 4. The number of aryl methyl sites for hydroxylation is 1. The summed E-state index contributed by atoms with van der Waals surface area (Å²) in [4.78, 5) is 15.7. The van der Waals surface area contributed by atoms with E-state index in [-0.39, 0.29) is 5.69 Å². The Labute approximate surface area is 124 Å². The van der Waals surface area contributed by atoms with Crippen LogP contribution in [0.2, 0.25) is 0 Å². The maximum atomic E-state index is 11.3. The van der Waals surface area contributed by atoms with E-state index in [1.807, 2.05) is 42.6 Å². The van der Waals surface area contributed by atoms with Crippen molar-refractivity contribution in [2.24, 2.45) is 0 Å². The minimum absolute atomic E-state index is 0.0480. The molecular formula is C14H12N4O2S. The van der Waals surface area contributed by atoms with E-state index in [0.717, 1.165) is 16.3 Å². The summed E-state index contributed by atoms with van der Waals surface area (Å²) in [6, 6.07) is 9.26. The third kappa shape index (κ3) is 2.68. The quantitative estimate of drug-likeness (QED) is 0.800. The summed E-state index contributed by atoms with van der Waals surface area (Å²) < 4.78 is 1.58. The number of nitrogens with zero attached hydrogens (tertiary/aromatic N) is 4. The molecule has 0 bridgehead atoms. The molecule has 0 atom stereocenters. The largest absolute Gasteiger partial charge is 0.476 e. The molecule has 0 unspecified atom stereocenters. The van der Waals surface area contributed by atoms with E-state index in [1.165, 1.54) is 0 Å². The van der Waals surface area contributed by atoms with Crippen LogP contribution in [0.15, 0.2) is 35.7 Å². The summed E-state index contributed by atoms with van der Waals surface area (Å²) in [6.07, 6.45) is 0. The second-order valence-electron chi connectivity index (χ2n) is 4.47. The van der Waals surface area contributed by atoms with Gasteiger partial charge < -0.3 is 5.11 Å². The maximum Gasteiger partial charge on any atom is 0.358 e. The van der Waals surface area contributed by atoms with Crippen LogP contribution in [-0.2, 0) is 6.54 Å². The standard InChI is InChI=1S/C14H12N4O2S/c1-9-15-11(8-21-9)7-18-13(10-5-3-2-4-6-10)12(14(19)20)16-17-18/h2-6,8H,7H2,1H3,(H,19,20). The highest BCUT2D eigenvalue weighted by molar-refractivity contribution is 7.09. The molecule has 0 aliphatic rings. The highest BCUT2D eigenvalue weighted by Crippen LogP contribution is 2.23. The Morgan fingerprint density at radius 2 is 2.10 bits per heavy atom. The number of hydrogen-bond donors (Lipinski definition) is 1. The first-order valence-electron chi connectivity index (χ1n) is 6.28. The van der Waals surface area contributed by atoms with Crippen LogP contribution in [0.25, 0.3) is 11.3 Å². The molecule has 1 N–H and O–H groups in total. The summed E-state index contributed by atoms with van der Waals surface area (Å²) in [5.74, 6) is -1.09. The fourth-order valence-electron chi connectivity index (χ4n) is 2.08. The van der Waals surface area contributed by atoms with Crippen LogP contribution in [0.1, 0.15) is 21.2 Å². The van der Waals surface area contributed by atoms with Gasteiger partial charge in [0.15, 0.2) is 5.69 Å². The number of carboxylic acid groups (broad SMARTS) is 1. The lowest BCUT2D eigenvalue weighted by Gasteiger charge is -2.05. The first-order chi connectivity index (χ1) is 10.1. The predicted molar refractivity (Wildman–Crippen MR) is 78.4 cm³/mol. The Morgan fingerprint density at radius 3 is 2.71 bits per heavy atom. The first kappa shape index (κ1) is 13.4. The van der Waals surface area contributed by atoms with Crippen molar-refractivity contribution in [3.8, 4) is 11.3 Å². The van der Waals surface area contributed by atoms with Gasteiger partial charge in [-0.2, -0.15) is 0 Å². The fourth-order valence-corrected chi connectivity index (χ4v) is 2.69. The Balaban J connectivity index is 2.07. The molecule has 2 aromatic heterocycles. The van der Waals surface area contributed by atoms with Crippen LogP contribution in [0.3, 0.4) is 0 Å². The maximum absolute atomic E-state index is 11.3. The number of hydrogen-bond acceptors (Lipinski definition) is 5. The zero-order valence-corrected chi connectivity index (χ0v) is 12.0. The number of benzene rings is 1. The third-order valence-electron chi connectivity index (χ3n) is 2.96. The van der Waals surface area contributed by atoms with Crippen molar-refractivity contribution in [3.05, 3.63) is 52.1 Å². The number of carboxylic acids is 1. The highest BCUT2D eigenvalue weighted by atomic mass is 32.1. The molecule has 0 radical (unpaired) electrons. The average Bonchev–Trinajstić information content (AvgIpc) is 3.07. The third-order valence-corrected chi connectivity index (χ3v) is 3.79. The van der Waals surface area contributed by atoms with Crippen molar-refractivity contribution < 1.29 is 9.90 Å². The van der Waals surface area contributed by atoms with Crippen molar-refractivity contribution in [3.63, 3.8) is 0 Å². The van der Waals surface area contributed by atoms with E-state index in [0.29, 0.717) is 12.2 Å². The number of thiazole rings is 1. The Hall–Kier alpha value is -2.54. The number of aromatic nitrogens is 4. The highest BCUT2D eigenvalue weighted by Gasteiger charge is 2.20. The van der Waals surface area contributed by atoms with E-state index in [4.69, 9.17) is 0 Å². The van der Waals surface area contributed by atoms with Gasteiger partial charge in [0.1, 0.15) is 5.69 Å². The van der Waals surface area contributed by atoms with Crippen LogP contribution in [0, 0.1) is 6.92 Å². The van der Waals surface area contributed by atoms with Crippen molar-refractivity contribution in [2.45, 2.75) is 13.5 Å². The lowest BCUT2D eigenvalue weighted by atomic mass is 10.1. The van der Waals surface area contributed by atoms with Crippen LogP contribution >= 0.6 is 11.3 Å². The minimum atomic E-state index is -1.09. The summed E-state index contributed by atoms with van der Waals surface area (Å²) in [5, 5.41) is 19.9. The molecule has 1 aromatic carbocycles. The van der Waals surface area contributed by atoms with Crippen molar-refractivity contribution >= 4 is 17.3 Å². The molecule has 0 fully saturated rings. The molecule has 0 saturated heterocycles. The van der Waals surface area contributed by atoms with Gasteiger partial charge in [-0.15, -0.1) is 16.4 Å². The van der Waals surface area contributed by atoms with Gasteiger partial charge in [-0.3, -0.25) is 0 Å². The zero-order valence-electron chi connectivity index (χ0n) is 11.2. The van der Waals surface area contributed by atoms with Crippen molar-refractivity contribution in [2.75, 3.05) is 0 Å². The summed E-state index contributed by atoms with van der Waals surface area (Å²) in [7, 11) is 0. The van der Waals surface area contributed by atoms with E-state index in [9.17, 15) is 9.90 Å². The summed E-state index contributed by atoms with van der Waals surface area (Å²) in [5.41, 5.74) is 2.06. The second kappa shape index (κ2) is 5.45. The fraction of sp³-hybridized carbons (Fsp3) is 0.143. The van der Waals surface area contributed by atoms with Gasteiger partial charge >= 0.3 is 5.97 Å². The van der Waals surface area contributed by atoms with Crippen LogP contribution in [-0.4, -0.2) is 31.1 Å². The van der Waals surface area contributed by atoms with Gasteiger partial charge in [0, 0.05) is 10.9 Å². The van der Waals surface area contributed by atoms with Gasteiger partial charge in [-0.05, 0) is 6.92 Å². The molecule has 0 aliphatic carbocycles. The first-order valence-corrected chi connectivity index (χ1v) is 7.16. The van der Waals surface area contributed by atoms with Gasteiger partial charge in [-0.1, -0.05) is 35.5 Å². The normalized spacial score (nSPS) is 10.7. The van der Waals surface area contributed by atoms with E-state index in [1.54, 1.807) is 16.0 Å². The second-order valence-corrected chi connectivity index (χ2v) is 5.54. The lowest BCUT2D eigenvalue weighted by Crippen LogP contribution is -2.06. The van der Waals surface area contributed by atoms with Crippen LogP contribution < -0.4 is 0 Å². The molecule has 0 spiro atoms. The Kier molecular flexibility index (Phi) is 3.49. The van der Waals surface area contributed by atoms with E-state index < -0.39 is 5.97 Å². The van der Waals surface area contributed by atoms with Gasteiger partial charge in [-0.25, -0.2) is 14.5 Å². The molecule has 3 rings (SSSR count). The van der Waals surface area contributed by atoms with E-state index >= 15 is 0 Å².